The molecule has 2 N–H and O–H groups in total. The van der Waals surface area contributed by atoms with Crippen molar-refractivity contribution in [2.75, 3.05) is 12.8 Å². The molecule has 6 heteroatoms. The van der Waals surface area contributed by atoms with Gasteiger partial charge in [0.05, 0.1) is 23.3 Å². The van der Waals surface area contributed by atoms with Crippen molar-refractivity contribution in [3.05, 3.63) is 56.8 Å². The Morgan fingerprint density at radius 2 is 2.05 bits per heavy atom. The first-order valence-corrected chi connectivity index (χ1v) is 6.74. The van der Waals surface area contributed by atoms with E-state index in [9.17, 15) is 9.18 Å². The lowest BCUT2D eigenvalue weighted by Gasteiger charge is -2.10. The normalized spacial score (nSPS) is 10.4. The number of hydrogen-bond donors (Lipinski definition) is 1. The average molecular weight is 359 g/mol. The van der Waals surface area contributed by atoms with Gasteiger partial charge in [0, 0.05) is 10.2 Å². The second-order valence-electron chi connectivity index (χ2n) is 4.00. The molecule has 0 spiro atoms. The van der Waals surface area contributed by atoms with E-state index in [1.54, 1.807) is 6.07 Å². The fourth-order valence-electron chi connectivity index (χ4n) is 1.74. The van der Waals surface area contributed by atoms with E-state index in [1.165, 1.54) is 25.3 Å². The number of halogens is 3. The van der Waals surface area contributed by atoms with Crippen molar-refractivity contribution in [2.45, 2.75) is 0 Å². The Morgan fingerprint density at radius 1 is 1.35 bits per heavy atom. The predicted octanol–water partition coefficient (Wildman–Crippen LogP) is 4.06. The number of nitrogens with two attached hydrogens (primary N) is 1. The zero-order valence-electron chi connectivity index (χ0n) is 10.4. The minimum Gasteiger partial charge on any atom is -0.497 e. The first kappa shape index (κ1) is 14.8. The fraction of sp³-hybridized carbons (Fsp3) is 0.0714. The van der Waals surface area contributed by atoms with Gasteiger partial charge >= 0.3 is 0 Å². The van der Waals surface area contributed by atoms with Gasteiger partial charge in [-0.25, -0.2) is 4.39 Å². The van der Waals surface area contributed by atoms with E-state index in [0.29, 0.717) is 10.2 Å². The molecular formula is C14H10BrClFNO2. The van der Waals surface area contributed by atoms with Crippen LogP contribution < -0.4 is 10.5 Å². The molecule has 2 aromatic rings. The van der Waals surface area contributed by atoms with Crippen molar-refractivity contribution in [2.24, 2.45) is 0 Å². The van der Waals surface area contributed by atoms with Crippen LogP contribution in [0.4, 0.5) is 10.1 Å². The Kier molecular flexibility index (Phi) is 4.30. The lowest BCUT2D eigenvalue weighted by atomic mass is 10.0. The molecule has 3 nitrogen and oxygen atoms in total. The summed E-state index contributed by atoms with van der Waals surface area (Å²) >= 11 is 9.28. The SMILES string of the molecule is COc1ccc(F)c(C(=O)c2c(N)ccc(Br)c2Cl)c1. The molecule has 0 amide bonds. The molecule has 0 fully saturated rings. The molecule has 0 unspecified atom stereocenters. The minimum atomic E-state index is -0.661. The summed E-state index contributed by atoms with van der Waals surface area (Å²) in [6.07, 6.45) is 0. The monoisotopic (exact) mass is 357 g/mol. The number of anilines is 1. The Labute approximate surface area is 128 Å². The van der Waals surface area contributed by atoms with Crippen LogP contribution in [0, 0.1) is 5.82 Å². The summed E-state index contributed by atoms with van der Waals surface area (Å²) in [6, 6.07) is 7.05. The van der Waals surface area contributed by atoms with Crippen molar-refractivity contribution in [3.63, 3.8) is 0 Å². The van der Waals surface area contributed by atoms with Crippen LogP contribution in [0.2, 0.25) is 5.02 Å². The van der Waals surface area contributed by atoms with E-state index in [0.717, 1.165) is 6.07 Å². The van der Waals surface area contributed by atoms with Gasteiger partial charge in [-0.15, -0.1) is 0 Å². The summed E-state index contributed by atoms with van der Waals surface area (Å²) < 4.78 is 19.3. The molecule has 0 bridgehead atoms. The van der Waals surface area contributed by atoms with Gasteiger partial charge in [0.2, 0.25) is 0 Å². The molecule has 2 aromatic carbocycles. The number of carbonyl (C=O) groups excluding carboxylic acids is 1. The van der Waals surface area contributed by atoms with Gasteiger partial charge in [-0.05, 0) is 46.3 Å². The summed E-state index contributed by atoms with van der Waals surface area (Å²) in [7, 11) is 1.43. The first-order chi connectivity index (χ1) is 9.45. The smallest absolute Gasteiger partial charge is 0.199 e. The molecular weight excluding hydrogens is 349 g/mol. The van der Waals surface area contributed by atoms with Crippen molar-refractivity contribution in [1.29, 1.82) is 0 Å². The molecule has 0 heterocycles. The van der Waals surface area contributed by atoms with Crippen LogP contribution in [0.25, 0.3) is 0 Å². The Morgan fingerprint density at radius 3 is 2.70 bits per heavy atom. The maximum atomic E-state index is 13.8. The fourth-order valence-corrected chi connectivity index (χ4v) is 2.32. The third-order valence-corrected chi connectivity index (χ3v) is 4.05. The number of methoxy groups -OCH3 is 1. The van der Waals surface area contributed by atoms with Crippen molar-refractivity contribution < 1.29 is 13.9 Å². The standard InChI is InChI=1S/C14H10BrClFNO2/c1-20-7-2-4-10(17)8(6-7)14(19)12-11(18)5-3-9(15)13(12)16/h2-6H,18H2,1H3. The third-order valence-electron chi connectivity index (χ3n) is 2.77. The zero-order chi connectivity index (χ0) is 14.9. The van der Waals surface area contributed by atoms with Gasteiger partial charge in [-0.1, -0.05) is 11.6 Å². The Hall–Kier alpha value is -1.59. The summed E-state index contributed by atoms with van der Waals surface area (Å²) in [5.74, 6) is -0.879. The van der Waals surface area contributed by atoms with Crippen molar-refractivity contribution in [1.82, 2.24) is 0 Å². The maximum Gasteiger partial charge on any atom is 0.199 e. The molecule has 2 rings (SSSR count). The topological polar surface area (TPSA) is 52.3 Å². The van der Waals surface area contributed by atoms with E-state index in [2.05, 4.69) is 15.9 Å². The summed E-state index contributed by atoms with van der Waals surface area (Å²) in [5.41, 5.74) is 5.88. The van der Waals surface area contributed by atoms with E-state index in [-0.39, 0.29) is 21.8 Å². The zero-order valence-corrected chi connectivity index (χ0v) is 12.8. The summed E-state index contributed by atoms with van der Waals surface area (Å²) in [4.78, 5) is 12.4. The number of rotatable bonds is 3. The van der Waals surface area contributed by atoms with Crippen LogP contribution in [-0.4, -0.2) is 12.9 Å². The van der Waals surface area contributed by atoms with Gasteiger partial charge in [0.1, 0.15) is 11.6 Å². The predicted molar refractivity (Wildman–Crippen MR) is 79.9 cm³/mol. The molecule has 0 saturated heterocycles. The van der Waals surface area contributed by atoms with E-state index >= 15 is 0 Å². The number of hydrogen-bond acceptors (Lipinski definition) is 3. The molecule has 0 saturated carbocycles. The van der Waals surface area contributed by atoms with Gasteiger partial charge in [0.15, 0.2) is 5.78 Å². The van der Waals surface area contributed by atoms with Crippen molar-refractivity contribution >= 4 is 39.0 Å². The largest absolute Gasteiger partial charge is 0.497 e. The molecule has 0 radical (unpaired) electrons. The lowest BCUT2D eigenvalue weighted by Crippen LogP contribution is -2.09. The van der Waals surface area contributed by atoms with Crippen LogP contribution in [0.5, 0.6) is 5.75 Å². The van der Waals surface area contributed by atoms with Crippen LogP contribution in [0.15, 0.2) is 34.8 Å². The van der Waals surface area contributed by atoms with Crippen LogP contribution in [0.3, 0.4) is 0 Å². The highest BCUT2D eigenvalue weighted by Crippen LogP contribution is 2.33. The molecule has 104 valence electrons. The molecule has 0 aromatic heterocycles. The second kappa shape index (κ2) is 5.81. The highest BCUT2D eigenvalue weighted by Gasteiger charge is 2.21. The van der Waals surface area contributed by atoms with Crippen LogP contribution in [-0.2, 0) is 0 Å². The Bertz CT molecular complexity index is 691. The number of ether oxygens (including phenoxy) is 1. The van der Waals surface area contributed by atoms with E-state index in [1.807, 2.05) is 0 Å². The lowest BCUT2D eigenvalue weighted by molar-refractivity contribution is 0.103. The molecule has 0 aliphatic heterocycles. The van der Waals surface area contributed by atoms with Gasteiger partial charge in [0.25, 0.3) is 0 Å². The number of ketones is 1. The number of benzene rings is 2. The highest BCUT2D eigenvalue weighted by atomic mass is 79.9. The molecule has 0 aliphatic carbocycles. The van der Waals surface area contributed by atoms with Crippen molar-refractivity contribution in [3.8, 4) is 5.75 Å². The average Bonchev–Trinajstić information content (AvgIpc) is 2.43. The molecule has 20 heavy (non-hydrogen) atoms. The maximum absolute atomic E-state index is 13.8. The first-order valence-electron chi connectivity index (χ1n) is 5.57. The Balaban J connectivity index is 2.60. The van der Waals surface area contributed by atoms with Crippen LogP contribution in [0.1, 0.15) is 15.9 Å². The summed E-state index contributed by atoms with van der Waals surface area (Å²) in [6.45, 7) is 0. The molecule has 0 atom stereocenters. The van der Waals surface area contributed by atoms with Gasteiger partial charge in [-0.2, -0.15) is 0 Å². The van der Waals surface area contributed by atoms with E-state index < -0.39 is 11.6 Å². The number of carbonyl (C=O) groups is 1. The van der Waals surface area contributed by atoms with Gasteiger partial charge in [-0.3, -0.25) is 4.79 Å². The van der Waals surface area contributed by atoms with Gasteiger partial charge < -0.3 is 10.5 Å². The highest BCUT2D eigenvalue weighted by molar-refractivity contribution is 9.10. The minimum absolute atomic E-state index is 0.0631. The van der Waals surface area contributed by atoms with E-state index in [4.69, 9.17) is 22.1 Å². The number of nitrogen functional groups attached to an aromatic ring is 1. The summed E-state index contributed by atoms with van der Waals surface area (Å²) in [5, 5.41) is 0.150. The second-order valence-corrected chi connectivity index (χ2v) is 5.23. The quantitative estimate of drug-likeness (QED) is 0.665. The van der Waals surface area contributed by atoms with Crippen LogP contribution >= 0.6 is 27.5 Å². The third kappa shape index (κ3) is 2.64. The molecule has 0 aliphatic rings.